The second kappa shape index (κ2) is 9.14. The number of carbonyl (C=O) groups excluding carboxylic acids is 1. The zero-order valence-electron chi connectivity index (χ0n) is 17.0. The van der Waals surface area contributed by atoms with E-state index >= 15 is 0 Å². The average molecular weight is 351 g/mol. The van der Waals surface area contributed by atoms with E-state index in [-0.39, 0.29) is 11.4 Å². The molecule has 0 radical (unpaired) electrons. The Labute approximate surface area is 150 Å². The van der Waals surface area contributed by atoms with Crippen molar-refractivity contribution in [2.75, 3.05) is 0 Å². The molecule has 0 aromatic carbocycles. The maximum Gasteiger partial charge on any atom is 0.193 e. The first-order chi connectivity index (χ1) is 11.2. The summed E-state index contributed by atoms with van der Waals surface area (Å²) in [4.78, 5) is 11.4. The van der Waals surface area contributed by atoms with Crippen LogP contribution in [0.2, 0.25) is 18.1 Å². The fraction of sp³-hybridized carbons (Fsp3) is 0.762. The Morgan fingerprint density at radius 2 is 1.83 bits per heavy atom. The minimum Gasteiger partial charge on any atom is -0.408 e. The number of allylic oxidation sites excluding steroid dienone is 2. The minimum atomic E-state index is -1.64. The van der Waals surface area contributed by atoms with Gasteiger partial charge in [-0.1, -0.05) is 52.3 Å². The molecule has 0 heterocycles. The van der Waals surface area contributed by atoms with Crippen molar-refractivity contribution in [3.05, 3.63) is 23.3 Å². The second-order valence-corrected chi connectivity index (χ2v) is 12.5. The molecule has 1 aliphatic rings. The van der Waals surface area contributed by atoms with Gasteiger partial charge < -0.3 is 9.22 Å². The van der Waals surface area contributed by atoms with Crippen LogP contribution in [0.1, 0.15) is 74.1 Å². The number of hydrogen-bond acceptors (Lipinski definition) is 2. The molecule has 1 atom stereocenters. The molecule has 2 nitrogen and oxygen atoms in total. The van der Waals surface area contributed by atoms with Gasteiger partial charge in [0.1, 0.15) is 5.78 Å². The molecule has 3 heteroatoms. The summed E-state index contributed by atoms with van der Waals surface area (Å²) in [6, 6.07) is 3.57. The quantitative estimate of drug-likeness (QED) is 0.424. The van der Waals surface area contributed by atoms with E-state index in [0.717, 1.165) is 19.3 Å². The molecule has 0 aromatic heterocycles. The van der Waals surface area contributed by atoms with E-state index in [2.05, 4.69) is 53.7 Å². The molecule has 1 unspecified atom stereocenters. The molecular formula is C21H38O2Si. The van der Waals surface area contributed by atoms with Crippen LogP contribution in [-0.4, -0.2) is 19.7 Å². The highest BCUT2D eigenvalue weighted by molar-refractivity contribution is 6.73. The first-order valence-corrected chi connectivity index (χ1v) is 12.4. The Balaban J connectivity index is 3.03. The van der Waals surface area contributed by atoms with Crippen LogP contribution >= 0.6 is 0 Å². The maximum absolute atomic E-state index is 11.4. The molecule has 24 heavy (non-hydrogen) atoms. The monoisotopic (exact) mass is 350 g/mol. The highest BCUT2D eigenvalue weighted by Gasteiger charge is 2.41. The SMILES string of the molecule is CC[Si](CC)(CC)OC1(C)CCC=C1/C=C(\CCC(C)=O)C(C)C. The van der Waals surface area contributed by atoms with Gasteiger partial charge in [-0.2, -0.15) is 0 Å². The molecule has 1 aliphatic carbocycles. The third-order valence-corrected chi connectivity index (χ3v) is 10.6. The molecule has 0 fully saturated rings. The third-order valence-electron chi connectivity index (χ3n) is 5.82. The third kappa shape index (κ3) is 5.42. The zero-order chi connectivity index (χ0) is 18.4. The lowest BCUT2D eigenvalue weighted by atomic mass is 9.90. The molecular weight excluding hydrogens is 312 g/mol. The minimum absolute atomic E-state index is 0.134. The van der Waals surface area contributed by atoms with Crippen LogP contribution in [-0.2, 0) is 9.22 Å². The summed E-state index contributed by atoms with van der Waals surface area (Å²) in [5.74, 6) is 0.746. The van der Waals surface area contributed by atoms with E-state index in [4.69, 9.17) is 4.43 Å². The summed E-state index contributed by atoms with van der Waals surface area (Å²) in [6.07, 6.45) is 8.41. The topological polar surface area (TPSA) is 26.3 Å². The lowest BCUT2D eigenvalue weighted by molar-refractivity contribution is -0.116. The highest BCUT2D eigenvalue weighted by Crippen LogP contribution is 2.40. The Kier molecular flexibility index (Phi) is 8.14. The lowest BCUT2D eigenvalue weighted by Crippen LogP contribution is -2.45. The Hall–Kier alpha value is -0.673. The van der Waals surface area contributed by atoms with Gasteiger partial charge in [-0.05, 0) is 62.7 Å². The fourth-order valence-electron chi connectivity index (χ4n) is 3.68. The standard InChI is InChI=1S/C21H38O2Si/c1-8-24(9-2,10-3)23-21(7)15-11-12-20(21)16-19(17(4)5)14-13-18(6)22/h12,16-17H,8-11,13-15H2,1-7H3/b19-16+. The van der Waals surface area contributed by atoms with Crippen LogP contribution in [0, 0.1) is 5.92 Å². The smallest absolute Gasteiger partial charge is 0.193 e. The van der Waals surface area contributed by atoms with Gasteiger partial charge in [-0.15, -0.1) is 0 Å². The van der Waals surface area contributed by atoms with Crippen molar-refractivity contribution >= 4 is 14.1 Å². The Bertz CT molecular complexity index is 478. The van der Waals surface area contributed by atoms with Crippen molar-refractivity contribution in [3.8, 4) is 0 Å². The van der Waals surface area contributed by atoms with Crippen LogP contribution in [0.3, 0.4) is 0 Å². The normalized spacial score (nSPS) is 22.2. The van der Waals surface area contributed by atoms with Gasteiger partial charge in [0, 0.05) is 6.42 Å². The molecule has 1 rings (SSSR count). The summed E-state index contributed by atoms with van der Waals surface area (Å²) < 4.78 is 6.91. The van der Waals surface area contributed by atoms with Crippen LogP contribution in [0.5, 0.6) is 0 Å². The van der Waals surface area contributed by atoms with Gasteiger partial charge in [-0.3, -0.25) is 0 Å². The molecule has 0 N–H and O–H groups in total. The molecule has 0 amide bonds. The molecule has 0 aromatic rings. The maximum atomic E-state index is 11.4. The van der Waals surface area contributed by atoms with Crippen molar-refractivity contribution in [2.45, 2.75) is 97.9 Å². The molecule has 0 bridgehead atoms. The van der Waals surface area contributed by atoms with E-state index in [1.807, 2.05) is 0 Å². The summed E-state index contributed by atoms with van der Waals surface area (Å²) in [5.41, 5.74) is 2.59. The second-order valence-electron chi connectivity index (χ2n) is 7.85. The Morgan fingerprint density at radius 3 is 2.29 bits per heavy atom. The van der Waals surface area contributed by atoms with Crippen molar-refractivity contribution in [2.24, 2.45) is 5.92 Å². The van der Waals surface area contributed by atoms with Crippen LogP contribution in [0.4, 0.5) is 0 Å². The van der Waals surface area contributed by atoms with Gasteiger partial charge in [0.05, 0.1) is 5.60 Å². The predicted molar refractivity (Wildman–Crippen MR) is 107 cm³/mol. The van der Waals surface area contributed by atoms with Gasteiger partial charge in [0.25, 0.3) is 0 Å². The lowest BCUT2D eigenvalue weighted by Gasteiger charge is -2.39. The van der Waals surface area contributed by atoms with E-state index in [9.17, 15) is 4.79 Å². The van der Waals surface area contributed by atoms with Crippen LogP contribution < -0.4 is 0 Å². The number of carbonyl (C=O) groups is 1. The van der Waals surface area contributed by atoms with Gasteiger partial charge in [0.15, 0.2) is 8.32 Å². The average Bonchev–Trinajstić information content (AvgIpc) is 2.89. The fourth-order valence-corrected chi connectivity index (χ4v) is 6.79. The number of ketones is 1. The van der Waals surface area contributed by atoms with Crippen LogP contribution in [0.15, 0.2) is 23.3 Å². The van der Waals surface area contributed by atoms with Crippen molar-refractivity contribution in [1.82, 2.24) is 0 Å². The number of hydrogen-bond donors (Lipinski definition) is 0. The van der Waals surface area contributed by atoms with Gasteiger partial charge >= 0.3 is 0 Å². The van der Waals surface area contributed by atoms with E-state index in [0.29, 0.717) is 12.3 Å². The molecule has 0 spiro atoms. The molecule has 0 aliphatic heterocycles. The summed E-state index contributed by atoms with van der Waals surface area (Å²) >= 11 is 0. The molecule has 0 saturated carbocycles. The van der Waals surface area contributed by atoms with Crippen LogP contribution in [0.25, 0.3) is 0 Å². The number of Topliss-reactive ketones (excluding diaryl/α,β-unsaturated/α-hetero) is 1. The van der Waals surface area contributed by atoms with Gasteiger partial charge in [0.2, 0.25) is 0 Å². The van der Waals surface area contributed by atoms with Gasteiger partial charge in [-0.25, -0.2) is 0 Å². The first kappa shape index (κ1) is 21.4. The summed E-state index contributed by atoms with van der Waals surface area (Å²) in [7, 11) is -1.64. The zero-order valence-corrected chi connectivity index (χ0v) is 18.0. The van der Waals surface area contributed by atoms with Crippen molar-refractivity contribution in [3.63, 3.8) is 0 Å². The molecule has 138 valence electrons. The summed E-state index contributed by atoms with van der Waals surface area (Å²) in [5, 5.41) is 0. The Morgan fingerprint density at radius 1 is 1.25 bits per heavy atom. The van der Waals surface area contributed by atoms with E-state index < -0.39 is 8.32 Å². The van der Waals surface area contributed by atoms with Crippen molar-refractivity contribution in [1.29, 1.82) is 0 Å². The highest BCUT2D eigenvalue weighted by atomic mass is 28.4. The number of rotatable bonds is 10. The molecule has 0 saturated heterocycles. The van der Waals surface area contributed by atoms with E-state index in [1.165, 1.54) is 29.3 Å². The van der Waals surface area contributed by atoms with E-state index in [1.54, 1.807) is 6.92 Å². The predicted octanol–water partition coefficient (Wildman–Crippen LogP) is 6.44. The first-order valence-electron chi connectivity index (χ1n) is 9.82. The van der Waals surface area contributed by atoms with Crippen molar-refractivity contribution < 1.29 is 9.22 Å². The largest absolute Gasteiger partial charge is 0.408 e. The summed E-state index contributed by atoms with van der Waals surface area (Å²) in [6.45, 7) is 15.3.